The Morgan fingerprint density at radius 3 is 2.79 bits per heavy atom. The first-order valence-corrected chi connectivity index (χ1v) is 5.70. The monoisotopic (exact) mass is 213 g/mol. The SMILES string of the molecule is CSCCNc1cc(NN)nc(C)n1. The smallest absolute Gasteiger partial charge is 0.145 e. The molecule has 78 valence electrons. The molecule has 1 rings (SSSR count). The van der Waals surface area contributed by atoms with Gasteiger partial charge in [0.05, 0.1) is 0 Å². The topological polar surface area (TPSA) is 75.9 Å². The van der Waals surface area contributed by atoms with Crippen molar-refractivity contribution in [3.63, 3.8) is 0 Å². The fraction of sp³-hybridized carbons (Fsp3) is 0.500. The number of rotatable bonds is 5. The number of anilines is 2. The lowest BCUT2D eigenvalue weighted by Crippen LogP contribution is -2.12. The highest BCUT2D eigenvalue weighted by atomic mass is 32.2. The molecule has 14 heavy (non-hydrogen) atoms. The zero-order valence-electron chi connectivity index (χ0n) is 8.37. The molecule has 0 fully saturated rings. The largest absolute Gasteiger partial charge is 0.369 e. The van der Waals surface area contributed by atoms with Crippen LogP contribution in [0, 0.1) is 6.92 Å². The van der Waals surface area contributed by atoms with Crippen LogP contribution in [-0.2, 0) is 0 Å². The molecule has 5 nitrogen and oxygen atoms in total. The molecule has 1 heterocycles. The second-order valence-corrected chi connectivity index (χ2v) is 3.74. The van der Waals surface area contributed by atoms with E-state index in [1.165, 1.54) is 0 Å². The minimum absolute atomic E-state index is 0.629. The Morgan fingerprint density at radius 1 is 1.43 bits per heavy atom. The zero-order valence-corrected chi connectivity index (χ0v) is 9.19. The minimum atomic E-state index is 0.629. The quantitative estimate of drug-likeness (QED) is 0.382. The van der Waals surface area contributed by atoms with Crippen molar-refractivity contribution < 1.29 is 0 Å². The molecule has 0 aliphatic rings. The van der Waals surface area contributed by atoms with Crippen LogP contribution in [0.3, 0.4) is 0 Å². The van der Waals surface area contributed by atoms with Crippen LogP contribution in [0.2, 0.25) is 0 Å². The van der Waals surface area contributed by atoms with Gasteiger partial charge in [-0.3, -0.25) is 0 Å². The number of hydrogen-bond acceptors (Lipinski definition) is 6. The van der Waals surface area contributed by atoms with E-state index < -0.39 is 0 Å². The number of nitrogens with one attached hydrogen (secondary N) is 2. The summed E-state index contributed by atoms with van der Waals surface area (Å²) in [5, 5.41) is 3.19. The van der Waals surface area contributed by atoms with Gasteiger partial charge in [0.25, 0.3) is 0 Å². The van der Waals surface area contributed by atoms with E-state index in [2.05, 4.69) is 27.0 Å². The third-order valence-corrected chi connectivity index (χ3v) is 2.21. The first-order valence-electron chi connectivity index (χ1n) is 4.31. The molecule has 6 heteroatoms. The fourth-order valence-corrected chi connectivity index (χ4v) is 1.32. The molecule has 0 spiro atoms. The average Bonchev–Trinajstić information content (AvgIpc) is 2.17. The summed E-state index contributed by atoms with van der Waals surface area (Å²) >= 11 is 1.79. The van der Waals surface area contributed by atoms with Crippen molar-refractivity contribution in [2.45, 2.75) is 6.92 Å². The van der Waals surface area contributed by atoms with Crippen molar-refractivity contribution >= 4 is 23.4 Å². The van der Waals surface area contributed by atoms with E-state index in [4.69, 9.17) is 5.84 Å². The summed E-state index contributed by atoms with van der Waals surface area (Å²) in [6, 6.07) is 1.79. The summed E-state index contributed by atoms with van der Waals surface area (Å²) in [5.41, 5.74) is 2.50. The fourth-order valence-electron chi connectivity index (χ4n) is 1.01. The van der Waals surface area contributed by atoms with Gasteiger partial charge in [-0.25, -0.2) is 15.8 Å². The Kier molecular flexibility index (Phi) is 4.48. The third kappa shape index (κ3) is 3.39. The van der Waals surface area contributed by atoms with Crippen molar-refractivity contribution in [1.82, 2.24) is 9.97 Å². The molecule has 0 saturated carbocycles. The Bertz CT molecular complexity index is 291. The third-order valence-electron chi connectivity index (χ3n) is 1.60. The maximum Gasteiger partial charge on any atom is 0.145 e. The summed E-state index contributed by atoms with van der Waals surface area (Å²) in [6.45, 7) is 2.72. The number of nitrogens with zero attached hydrogens (tertiary/aromatic N) is 2. The van der Waals surface area contributed by atoms with Gasteiger partial charge in [-0.15, -0.1) is 0 Å². The first kappa shape index (κ1) is 11.1. The van der Waals surface area contributed by atoms with Crippen LogP contribution in [-0.4, -0.2) is 28.5 Å². The Morgan fingerprint density at radius 2 is 2.14 bits per heavy atom. The van der Waals surface area contributed by atoms with Crippen LogP contribution >= 0.6 is 11.8 Å². The van der Waals surface area contributed by atoms with Gasteiger partial charge < -0.3 is 10.7 Å². The molecule has 0 unspecified atom stereocenters. The van der Waals surface area contributed by atoms with Crippen molar-refractivity contribution in [1.29, 1.82) is 0 Å². The number of hydrogen-bond donors (Lipinski definition) is 3. The molecule has 0 aromatic carbocycles. The molecule has 0 aliphatic carbocycles. The van der Waals surface area contributed by atoms with Crippen LogP contribution < -0.4 is 16.6 Å². The Hall–Kier alpha value is -1.01. The van der Waals surface area contributed by atoms with Gasteiger partial charge in [0, 0.05) is 18.4 Å². The maximum absolute atomic E-state index is 5.27. The average molecular weight is 213 g/mol. The van der Waals surface area contributed by atoms with Gasteiger partial charge in [0.1, 0.15) is 17.5 Å². The van der Waals surface area contributed by atoms with E-state index in [1.54, 1.807) is 17.8 Å². The molecule has 4 N–H and O–H groups in total. The van der Waals surface area contributed by atoms with Crippen molar-refractivity contribution in [2.24, 2.45) is 5.84 Å². The Balaban J connectivity index is 2.62. The summed E-state index contributed by atoms with van der Waals surface area (Å²) in [7, 11) is 0. The van der Waals surface area contributed by atoms with E-state index >= 15 is 0 Å². The van der Waals surface area contributed by atoms with Crippen molar-refractivity contribution in [3.8, 4) is 0 Å². The second-order valence-electron chi connectivity index (χ2n) is 2.75. The van der Waals surface area contributed by atoms with E-state index in [1.807, 2.05) is 6.92 Å². The van der Waals surface area contributed by atoms with Gasteiger partial charge in [0.15, 0.2) is 0 Å². The van der Waals surface area contributed by atoms with Crippen LogP contribution in [0.15, 0.2) is 6.07 Å². The number of aromatic nitrogens is 2. The van der Waals surface area contributed by atoms with Crippen LogP contribution in [0.4, 0.5) is 11.6 Å². The Labute approximate surface area is 87.9 Å². The molecule has 0 amide bonds. The second kappa shape index (κ2) is 5.66. The molecular weight excluding hydrogens is 198 g/mol. The highest BCUT2D eigenvalue weighted by Crippen LogP contribution is 2.09. The molecule has 0 saturated heterocycles. The zero-order chi connectivity index (χ0) is 10.4. The summed E-state index contributed by atoms with van der Waals surface area (Å²) in [5.74, 6) is 8.46. The lowest BCUT2D eigenvalue weighted by Gasteiger charge is -2.07. The summed E-state index contributed by atoms with van der Waals surface area (Å²) in [6.07, 6.45) is 2.07. The summed E-state index contributed by atoms with van der Waals surface area (Å²) in [4.78, 5) is 8.31. The van der Waals surface area contributed by atoms with E-state index in [-0.39, 0.29) is 0 Å². The molecule has 0 bridgehead atoms. The number of nitrogens with two attached hydrogens (primary N) is 1. The number of nitrogen functional groups attached to an aromatic ring is 1. The lowest BCUT2D eigenvalue weighted by molar-refractivity contribution is 1.03. The number of thioether (sulfide) groups is 1. The van der Waals surface area contributed by atoms with Gasteiger partial charge in [-0.2, -0.15) is 11.8 Å². The van der Waals surface area contributed by atoms with Crippen LogP contribution in [0.25, 0.3) is 0 Å². The lowest BCUT2D eigenvalue weighted by atomic mass is 10.5. The van der Waals surface area contributed by atoms with Crippen molar-refractivity contribution in [3.05, 3.63) is 11.9 Å². The molecule has 1 aromatic heterocycles. The number of aryl methyl sites for hydroxylation is 1. The predicted octanol–water partition coefficient (Wildman–Crippen LogP) is 0.846. The number of hydrazine groups is 1. The molecule has 1 aromatic rings. The van der Waals surface area contributed by atoms with Crippen LogP contribution in [0.5, 0.6) is 0 Å². The predicted molar refractivity (Wildman–Crippen MR) is 61.5 cm³/mol. The van der Waals surface area contributed by atoms with Gasteiger partial charge >= 0.3 is 0 Å². The van der Waals surface area contributed by atoms with E-state index in [0.717, 1.165) is 18.1 Å². The van der Waals surface area contributed by atoms with Gasteiger partial charge in [-0.1, -0.05) is 0 Å². The standard InChI is InChI=1S/C8H15N5S/c1-6-11-7(10-3-4-14-2)5-8(12-6)13-9/h5H,3-4,9H2,1-2H3,(H2,10,11,12,13). The van der Waals surface area contributed by atoms with Crippen molar-refractivity contribution in [2.75, 3.05) is 29.3 Å². The normalized spacial score (nSPS) is 9.93. The van der Waals surface area contributed by atoms with E-state index in [0.29, 0.717) is 11.6 Å². The minimum Gasteiger partial charge on any atom is -0.369 e. The van der Waals surface area contributed by atoms with Gasteiger partial charge in [-0.05, 0) is 13.2 Å². The molecule has 0 radical (unpaired) electrons. The molecular formula is C8H15N5S. The highest BCUT2D eigenvalue weighted by Gasteiger charge is 1.99. The highest BCUT2D eigenvalue weighted by molar-refractivity contribution is 7.98. The van der Waals surface area contributed by atoms with E-state index in [9.17, 15) is 0 Å². The van der Waals surface area contributed by atoms with Gasteiger partial charge in [0.2, 0.25) is 0 Å². The first-order chi connectivity index (χ1) is 6.76. The summed E-state index contributed by atoms with van der Waals surface area (Å²) < 4.78 is 0. The maximum atomic E-state index is 5.27. The molecule has 0 aliphatic heterocycles. The molecule has 0 atom stereocenters. The van der Waals surface area contributed by atoms with Crippen LogP contribution in [0.1, 0.15) is 5.82 Å².